The van der Waals surface area contributed by atoms with Gasteiger partial charge in [0.05, 0.1) is 6.61 Å². The van der Waals surface area contributed by atoms with Crippen molar-refractivity contribution in [3.8, 4) is 0 Å². The summed E-state index contributed by atoms with van der Waals surface area (Å²) in [4.78, 5) is 3.40. The quantitative estimate of drug-likeness (QED) is 0.850. The van der Waals surface area contributed by atoms with E-state index in [9.17, 15) is 5.11 Å². The maximum absolute atomic E-state index is 10.5. The van der Waals surface area contributed by atoms with E-state index in [2.05, 4.69) is 29.2 Å². The first kappa shape index (κ1) is 15.7. The minimum atomic E-state index is -0.411. The molecule has 1 aromatic carbocycles. The molecule has 1 aromatic heterocycles. The molecule has 1 fully saturated rings. The van der Waals surface area contributed by atoms with Gasteiger partial charge in [-0.05, 0) is 29.3 Å². The van der Waals surface area contributed by atoms with Gasteiger partial charge in [0, 0.05) is 31.1 Å². The van der Waals surface area contributed by atoms with E-state index in [1.54, 1.807) is 11.3 Å². The van der Waals surface area contributed by atoms with Crippen molar-refractivity contribution < 1.29 is 9.84 Å². The van der Waals surface area contributed by atoms with Crippen LogP contribution in [0, 0.1) is 5.92 Å². The van der Waals surface area contributed by atoms with Crippen LogP contribution >= 0.6 is 11.3 Å². The molecule has 3 nitrogen and oxygen atoms in total. The molecule has 118 valence electrons. The van der Waals surface area contributed by atoms with Gasteiger partial charge in [0.1, 0.15) is 6.10 Å². The average molecular weight is 317 g/mol. The van der Waals surface area contributed by atoms with Crippen molar-refractivity contribution in [1.82, 2.24) is 4.90 Å². The molecule has 1 saturated heterocycles. The second kappa shape index (κ2) is 7.88. The summed E-state index contributed by atoms with van der Waals surface area (Å²) in [5, 5.41) is 12.5. The topological polar surface area (TPSA) is 32.7 Å². The zero-order valence-corrected chi connectivity index (χ0v) is 13.5. The molecule has 3 rings (SSSR count). The van der Waals surface area contributed by atoms with Gasteiger partial charge in [-0.15, -0.1) is 11.3 Å². The van der Waals surface area contributed by atoms with Gasteiger partial charge < -0.3 is 9.84 Å². The standard InChI is InChI=1S/C18H23NO2S/c20-17(18-7-4-10-22-18)13-19(12-16-8-9-21-14-16)11-15-5-2-1-3-6-15/h1-7,10,16-17,20H,8-9,11-14H2/t16-,17+/m0/s1. The minimum Gasteiger partial charge on any atom is -0.386 e. The third-order valence-corrected chi connectivity index (χ3v) is 5.07. The van der Waals surface area contributed by atoms with Gasteiger partial charge >= 0.3 is 0 Å². The van der Waals surface area contributed by atoms with E-state index in [-0.39, 0.29) is 0 Å². The number of nitrogens with zero attached hydrogens (tertiary/aromatic N) is 1. The number of ether oxygens (including phenoxy) is 1. The van der Waals surface area contributed by atoms with Crippen LogP contribution in [0.4, 0.5) is 0 Å². The molecule has 2 heterocycles. The zero-order valence-electron chi connectivity index (χ0n) is 12.7. The molecule has 0 radical (unpaired) electrons. The molecule has 0 saturated carbocycles. The first-order valence-corrected chi connectivity index (χ1v) is 8.74. The Balaban J connectivity index is 1.64. The third kappa shape index (κ3) is 4.40. The maximum atomic E-state index is 10.5. The Morgan fingerprint density at radius 1 is 1.23 bits per heavy atom. The monoisotopic (exact) mass is 317 g/mol. The predicted octanol–water partition coefficient (Wildman–Crippen LogP) is 3.32. The Bertz CT molecular complexity index is 537. The average Bonchev–Trinajstić information content (AvgIpc) is 3.21. The Kier molecular flexibility index (Phi) is 5.62. The molecule has 1 aliphatic rings. The van der Waals surface area contributed by atoms with E-state index in [0.29, 0.717) is 12.5 Å². The van der Waals surface area contributed by atoms with E-state index in [1.807, 2.05) is 23.6 Å². The number of aliphatic hydroxyl groups is 1. The van der Waals surface area contributed by atoms with Crippen LogP contribution in [0.5, 0.6) is 0 Å². The Hall–Kier alpha value is -1.20. The van der Waals surface area contributed by atoms with Crippen LogP contribution in [0.25, 0.3) is 0 Å². The Morgan fingerprint density at radius 2 is 2.09 bits per heavy atom. The normalized spacial score (nSPS) is 19.6. The second-order valence-corrected chi connectivity index (χ2v) is 6.92. The van der Waals surface area contributed by atoms with Crippen LogP contribution in [0.2, 0.25) is 0 Å². The first-order chi connectivity index (χ1) is 10.8. The van der Waals surface area contributed by atoms with E-state index in [1.165, 1.54) is 5.56 Å². The van der Waals surface area contributed by atoms with Crippen LogP contribution in [0.15, 0.2) is 47.8 Å². The molecule has 2 atom stereocenters. The lowest BCUT2D eigenvalue weighted by molar-refractivity contribution is 0.0965. The fourth-order valence-corrected chi connectivity index (χ4v) is 3.66. The molecule has 4 heteroatoms. The van der Waals surface area contributed by atoms with Gasteiger partial charge in [0.15, 0.2) is 0 Å². The van der Waals surface area contributed by atoms with Crippen LogP contribution in [-0.4, -0.2) is 36.3 Å². The molecule has 0 aliphatic carbocycles. The van der Waals surface area contributed by atoms with Crippen LogP contribution in [-0.2, 0) is 11.3 Å². The van der Waals surface area contributed by atoms with Crippen molar-refractivity contribution in [2.45, 2.75) is 19.1 Å². The molecule has 2 aromatic rings. The summed E-state index contributed by atoms with van der Waals surface area (Å²) in [5.74, 6) is 0.583. The Labute approximate surface area is 136 Å². The van der Waals surface area contributed by atoms with E-state index in [0.717, 1.165) is 37.6 Å². The number of hydrogen-bond acceptors (Lipinski definition) is 4. The third-order valence-electron chi connectivity index (χ3n) is 4.09. The van der Waals surface area contributed by atoms with Gasteiger partial charge in [-0.3, -0.25) is 4.90 Å². The highest BCUT2D eigenvalue weighted by molar-refractivity contribution is 7.10. The van der Waals surface area contributed by atoms with Crippen molar-refractivity contribution in [2.75, 3.05) is 26.3 Å². The lowest BCUT2D eigenvalue weighted by Crippen LogP contribution is -2.33. The first-order valence-electron chi connectivity index (χ1n) is 7.87. The molecular weight excluding hydrogens is 294 g/mol. The highest BCUT2D eigenvalue weighted by atomic mass is 32.1. The lowest BCUT2D eigenvalue weighted by Gasteiger charge is -2.27. The predicted molar refractivity (Wildman–Crippen MR) is 89.9 cm³/mol. The molecular formula is C18H23NO2S. The van der Waals surface area contributed by atoms with Crippen LogP contribution < -0.4 is 0 Å². The van der Waals surface area contributed by atoms with Gasteiger partial charge in [-0.25, -0.2) is 0 Å². The number of rotatable bonds is 7. The second-order valence-electron chi connectivity index (χ2n) is 5.94. The van der Waals surface area contributed by atoms with Gasteiger partial charge in [0.25, 0.3) is 0 Å². The minimum absolute atomic E-state index is 0.411. The molecule has 1 aliphatic heterocycles. The maximum Gasteiger partial charge on any atom is 0.101 e. The summed E-state index contributed by atoms with van der Waals surface area (Å²) in [5.41, 5.74) is 1.29. The molecule has 0 spiro atoms. The summed E-state index contributed by atoms with van der Waals surface area (Å²) >= 11 is 1.62. The molecule has 0 bridgehead atoms. The van der Waals surface area contributed by atoms with Crippen molar-refractivity contribution in [3.63, 3.8) is 0 Å². The van der Waals surface area contributed by atoms with E-state index < -0.39 is 6.10 Å². The van der Waals surface area contributed by atoms with Gasteiger partial charge in [-0.1, -0.05) is 36.4 Å². The van der Waals surface area contributed by atoms with Crippen molar-refractivity contribution in [3.05, 3.63) is 58.3 Å². The number of thiophene rings is 1. The lowest BCUT2D eigenvalue weighted by atomic mass is 10.1. The van der Waals surface area contributed by atoms with Gasteiger partial charge in [0.2, 0.25) is 0 Å². The van der Waals surface area contributed by atoms with Crippen LogP contribution in [0.3, 0.4) is 0 Å². The van der Waals surface area contributed by atoms with Crippen molar-refractivity contribution >= 4 is 11.3 Å². The van der Waals surface area contributed by atoms with E-state index in [4.69, 9.17) is 4.74 Å². The summed E-state index contributed by atoms with van der Waals surface area (Å²) < 4.78 is 5.50. The van der Waals surface area contributed by atoms with Gasteiger partial charge in [-0.2, -0.15) is 0 Å². The number of aliphatic hydroxyl groups excluding tert-OH is 1. The fourth-order valence-electron chi connectivity index (χ4n) is 2.95. The summed E-state index contributed by atoms with van der Waals surface area (Å²) in [7, 11) is 0. The molecule has 0 unspecified atom stereocenters. The molecule has 0 amide bonds. The number of hydrogen-bond donors (Lipinski definition) is 1. The van der Waals surface area contributed by atoms with Crippen LogP contribution in [0.1, 0.15) is 23.0 Å². The number of benzene rings is 1. The summed E-state index contributed by atoms with van der Waals surface area (Å²) in [6.07, 6.45) is 0.714. The molecule has 1 N–H and O–H groups in total. The molecule has 22 heavy (non-hydrogen) atoms. The zero-order chi connectivity index (χ0) is 15.2. The van der Waals surface area contributed by atoms with E-state index >= 15 is 0 Å². The van der Waals surface area contributed by atoms with Crippen molar-refractivity contribution in [1.29, 1.82) is 0 Å². The fraction of sp³-hybridized carbons (Fsp3) is 0.444. The largest absolute Gasteiger partial charge is 0.386 e. The SMILES string of the molecule is O[C@H](CN(Cc1ccccc1)C[C@@H]1CCOC1)c1cccs1. The summed E-state index contributed by atoms with van der Waals surface area (Å²) in [6.45, 7) is 4.25. The summed E-state index contributed by atoms with van der Waals surface area (Å²) in [6, 6.07) is 14.5. The smallest absolute Gasteiger partial charge is 0.101 e. The highest BCUT2D eigenvalue weighted by Gasteiger charge is 2.22. The highest BCUT2D eigenvalue weighted by Crippen LogP contribution is 2.22. The Morgan fingerprint density at radius 3 is 2.77 bits per heavy atom. The van der Waals surface area contributed by atoms with Crippen molar-refractivity contribution in [2.24, 2.45) is 5.92 Å².